The maximum absolute atomic E-state index is 2.42. The minimum Gasteiger partial charge on any atom is -0.0616 e. The van der Waals surface area contributed by atoms with Crippen LogP contribution in [0.4, 0.5) is 0 Å². The molecule has 0 N–H and O–H groups in total. The molecule has 5 aromatic carbocycles. The second-order valence-electron chi connectivity index (χ2n) is 11.5. The smallest absolute Gasteiger partial charge is 0.00675 e. The molecule has 0 atom stereocenters. The van der Waals surface area contributed by atoms with E-state index in [1.165, 1.54) is 76.3 Å². The highest BCUT2D eigenvalue weighted by molar-refractivity contribution is 7.85. The lowest BCUT2D eigenvalue weighted by Gasteiger charge is -2.29. The van der Waals surface area contributed by atoms with Crippen LogP contribution in [-0.4, -0.2) is 0 Å². The van der Waals surface area contributed by atoms with E-state index in [1.54, 1.807) is 0 Å². The Bertz CT molecular complexity index is 1380. The van der Waals surface area contributed by atoms with Crippen LogP contribution >= 0.6 is 15.8 Å². The molecule has 0 saturated carbocycles. The van der Waals surface area contributed by atoms with Crippen molar-refractivity contribution < 1.29 is 0 Å². The fraction of sp³-hybridized carbons (Fsp3) is 0.211. The van der Waals surface area contributed by atoms with Gasteiger partial charge in [-0.3, -0.25) is 0 Å². The molecule has 0 amide bonds. The summed E-state index contributed by atoms with van der Waals surface area (Å²) in [4.78, 5) is 0. The molecule has 2 heteroatoms. The van der Waals surface area contributed by atoms with Crippen LogP contribution in [0.25, 0.3) is 0 Å². The van der Waals surface area contributed by atoms with Crippen LogP contribution < -0.4 is 31.8 Å². The Hall–Kier alpha value is -3.04. The molecule has 0 saturated heterocycles. The molecular formula is C38H40P2. The Morgan fingerprint density at radius 2 is 0.500 bits per heavy atom. The van der Waals surface area contributed by atoms with Crippen LogP contribution in [0, 0.1) is 55.4 Å². The zero-order valence-electron chi connectivity index (χ0n) is 25.1. The number of aryl methyl sites for hydroxylation is 8. The van der Waals surface area contributed by atoms with Gasteiger partial charge < -0.3 is 0 Å². The van der Waals surface area contributed by atoms with E-state index in [0.717, 1.165) is 0 Å². The quantitative estimate of drug-likeness (QED) is 0.188. The second-order valence-corrected chi connectivity index (χ2v) is 15.9. The first-order chi connectivity index (χ1) is 19.1. The SMILES string of the molecule is Cc1cc(C)cc(P(c2cc(C)cc(C)c2)c2ccccc2P(c2cc(C)cc(C)c2)c2cc(C)cc(C)c2)c1. The van der Waals surface area contributed by atoms with Crippen molar-refractivity contribution in [3.8, 4) is 0 Å². The van der Waals surface area contributed by atoms with E-state index < -0.39 is 15.8 Å². The summed E-state index contributed by atoms with van der Waals surface area (Å²) in [6, 6.07) is 37.9. The topological polar surface area (TPSA) is 0 Å². The van der Waals surface area contributed by atoms with Crippen LogP contribution in [-0.2, 0) is 0 Å². The molecule has 0 heterocycles. The van der Waals surface area contributed by atoms with E-state index in [-0.39, 0.29) is 0 Å². The van der Waals surface area contributed by atoms with Crippen molar-refractivity contribution in [3.05, 3.63) is 142 Å². The molecule has 0 radical (unpaired) electrons. The van der Waals surface area contributed by atoms with Gasteiger partial charge in [0.1, 0.15) is 0 Å². The van der Waals surface area contributed by atoms with Crippen molar-refractivity contribution in [2.45, 2.75) is 55.4 Å². The molecular weight excluding hydrogens is 518 g/mol. The third kappa shape index (κ3) is 6.31. The zero-order chi connectivity index (χ0) is 28.6. The second kappa shape index (κ2) is 11.8. The summed E-state index contributed by atoms with van der Waals surface area (Å²) in [5.41, 5.74) is 10.6. The number of hydrogen-bond donors (Lipinski definition) is 0. The third-order valence-electron chi connectivity index (χ3n) is 7.22. The van der Waals surface area contributed by atoms with Gasteiger partial charge in [-0.15, -0.1) is 0 Å². The highest BCUT2D eigenvalue weighted by Gasteiger charge is 2.27. The summed E-state index contributed by atoms with van der Waals surface area (Å²) in [5, 5.41) is 8.66. The molecule has 0 nitrogen and oxygen atoms in total. The van der Waals surface area contributed by atoms with E-state index in [9.17, 15) is 0 Å². The standard InChI is InChI=1S/C38H40P2/c1-25-13-26(2)18-33(17-25)39(34-19-27(3)14-28(4)20-34)37-11-9-10-12-38(37)40(35-21-29(5)15-30(6)22-35)36-23-31(7)16-32(8)24-36/h9-24H,1-8H3. The molecule has 5 aromatic rings. The normalized spacial score (nSPS) is 11.4. The minimum absolute atomic E-state index is 0.759. The average molecular weight is 559 g/mol. The first-order valence-corrected chi connectivity index (χ1v) is 16.8. The van der Waals surface area contributed by atoms with Crippen molar-refractivity contribution in [1.82, 2.24) is 0 Å². The molecule has 0 aliphatic rings. The lowest BCUT2D eigenvalue weighted by atomic mass is 10.2. The Kier molecular flexibility index (Phi) is 8.42. The van der Waals surface area contributed by atoms with E-state index in [0.29, 0.717) is 0 Å². The van der Waals surface area contributed by atoms with Gasteiger partial charge in [0.05, 0.1) is 0 Å². The summed E-state index contributed by atoms with van der Waals surface area (Å²) >= 11 is 0. The minimum atomic E-state index is -0.759. The summed E-state index contributed by atoms with van der Waals surface area (Å²) in [7, 11) is -1.52. The molecule has 0 fully saturated rings. The maximum atomic E-state index is 2.42. The van der Waals surface area contributed by atoms with E-state index in [2.05, 4.69) is 152 Å². The van der Waals surface area contributed by atoms with E-state index >= 15 is 0 Å². The van der Waals surface area contributed by atoms with E-state index in [1.807, 2.05) is 0 Å². The van der Waals surface area contributed by atoms with Crippen molar-refractivity contribution in [3.63, 3.8) is 0 Å². The molecule has 40 heavy (non-hydrogen) atoms. The maximum Gasteiger partial charge on any atom is -0.00675 e. The van der Waals surface area contributed by atoms with Gasteiger partial charge in [0, 0.05) is 0 Å². The van der Waals surface area contributed by atoms with Gasteiger partial charge in [-0.25, -0.2) is 0 Å². The van der Waals surface area contributed by atoms with Crippen LogP contribution in [0.2, 0.25) is 0 Å². The summed E-state index contributed by atoms with van der Waals surface area (Å²) in [6.45, 7) is 17.9. The Balaban J connectivity index is 1.84. The zero-order valence-corrected chi connectivity index (χ0v) is 26.9. The molecule has 0 bridgehead atoms. The highest BCUT2D eigenvalue weighted by atomic mass is 31.1. The first-order valence-electron chi connectivity index (χ1n) is 14.1. The Morgan fingerprint density at radius 3 is 0.700 bits per heavy atom. The predicted molar refractivity (Wildman–Crippen MR) is 182 cm³/mol. The molecule has 0 unspecified atom stereocenters. The summed E-state index contributed by atoms with van der Waals surface area (Å²) in [5.74, 6) is 0. The van der Waals surface area contributed by atoms with Crippen molar-refractivity contribution in [1.29, 1.82) is 0 Å². The lowest BCUT2D eigenvalue weighted by molar-refractivity contribution is 1.40. The molecule has 5 rings (SSSR count). The molecule has 0 aromatic heterocycles. The molecule has 0 spiro atoms. The Morgan fingerprint density at radius 1 is 0.300 bits per heavy atom. The average Bonchev–Trinajstić information content (AvgIpc) is 2.83. The van der Waals surface area contributed by atoms with Gasteiger partial charge >= 0.3 is 0 Å². The van der Waals surface area contributed by atoms with Crippen LogP contribution in [0.15, 0.2) is 97.1 Å². The third-order valence-corrected chi connectivity index (χ3v) is 12.2. The van der Waals surface area contributed by atoms with Gasteiger partial charge in [0.15, 0.2) is 0 Å². The monoisotopic (exact) mass is 558 g/mol. The summed E-state index contributed by atoms with van der Waals surface area (Å²) in [6.07, 6.45) is 0. The van der Waals surface area contributed by atoms with Gasteiger partial charge in [-0.1, -0.05) is 142 Å². The largest absolute Gasteiger partial charge is 0.0616 e. The van der Waals surface area contributed by atoms with Crippen molar-refractivity contribution in [2.24, 2.45) is 0 Å². The van der Waals surface area contributed by atoms with Gasteiger partial charge in [-0.2, -0.15) is 0 Å². The number of rotatable bonds is 6. The Labute approximate surface area is 244 Å². The lowest BCUT2D eigenvalue weighted by Crippen LogP contribution is -2.35. The van der Waals surface area contributed by atoms with Crippen LogP contribution in [0.3, 0.4) is 0 Å². The van der Waals surface area contributed by atoms with Gasteiger partial charge in [-0.05, 0) is 103 Å². The first kappa shape index (κ1) is 28.5. The van der Waals surface area contributed by atoms with Crippen LogP contribution in [0.5, 0.6) is 0 Å². The summed E-state index contributed by atoms with van der Waals surface area (Å²) < 4.78 is 0. The molecule has 202 valence electrons. The fourth-order valence-corrected chi connectivity index (χ4v) is 12.1. The van der Waals surface area contributed by atoms with Gasteiger partial charge in [0.2, 0.25) is 0 Å². The van der Waals surface area contributed by atoms with Crippen molar-refractivity contribution >= 4 is 47.7 Å². The number of benzene rings is 5. The number of hydrogen-bond acceptors (Lipinski definition) is 0. The van der Waals surface area contributed by atoms with Gasteiger partial charge in [0.25, 0.3) is 0 Å². The van der Waals surface area contributed by atoms with E-state index in [4.69, 9.17) is 0 Å². The predicted octanol–water partition coefficient (Wildman–Crippen LogP) is 7.67. The molecule has 0 aliphatic carbocycles. The van der Waals surface area contributed by atoms with Crippen LogP contribution in [0.1, 0.15) is 44.5 Å². The fourth-order valence-electron chi connectivity index (χ4n) is 6.02. The molecule has 0 aliphatic heterocycles. The highest BCUT2D eigenvalue weighted by Crippen LogP contribution is 2.40. The van der Waals surface area contributed by atoms with Crippen molar-refractivity contribution in [2.75, 3.05) is 0 Å².